The quantitative estimate of drug-likeness (QED) is 0.803. The van der Waals surface area contributed by atoms with Crippen molar-refractivity contribution in [2.75, 3.05) is 19.6 Å². The summed E-state index contributed by atoms with van der Waals surface area (Å²) in [5, 5.41) is 8.99. The fraction of sp³-hybridized carbons (Fsp3) is 0.929. The first-order chi connectivity index (χ1) is 8.44. The predicted octanol–water partition coefficient (Wildman–Crippen LogP) is 1.83. The van der Waals surface area contributed by atoms with E-state index < -0.39 is 11.5 Å². The summed E-state index contributed by atoms with van der Waals surface area (Å²) >= 11 is 0. The normalized spacial score (nSPS) is 27.2. The van der Waals surface area contributed by atoms with Crippen molar-refractivity contribution in [2.24, 2.45) is 11.1 Å². The summed E-state index contributed by atoms with van der Waals surface area (Å²) in [6, 6.07) is 0. The molecule has 0 aromatic heterocycles. The van der Waals surface area contributed by atoms with Crippen LogP contribution in [0.3, 0.4) is 0 Å². The van der Waals surface area contributed by atoms with Crippen LogP contribution in [0.4, 0.5) is 0 Å². The Morgan fingerprint density at radius 2 is 1.83 bits per heavy atom. The molecule has 1 unspecified atom stereocenters. The second-order valence-electron chi connectivity index (χ2n) is 6.52. The van der Waals surface area contributed by atoms with E-state index in [0.29, 0.717) is 11.8 Å². The Morgan fingerprint density at radius 3 is 2.33 bits per heavy atom. The highest BCUT2D eigenvalue weighted by Gasteiger charge is 2.37. The van der Waals surface area contributed by atoms with E-state index in [1.165, 1.54) is 38.5 Å². The monoisotopic (exact) mass is 254 g/mol. The molecule has 1 atom stereocenters. The smallest absolute Gasteiger partial charge is 0.323 e. The lowest BCUT2D eigenvalue weighted by Crippen LogP contribution is -2.48. The van der Waals surface area contributed by atoms with Crippen LogP contribution in [0.15, 0.2) is 0 Å². The highest BCUT2D eigenvalue weighted by Crippen LogP contribution is 2.46. The molecule has 4 heteroatoms. The van der Waals surface area contributed by atoms with Crippen molar-refractivity contribution in [3.8, 4) is 0 Å². The van der Waals surface area contributed by atoms with Crippen molar-refractivity contribution >= 4 is 5.97 Å². The van der Waals surface area contributed by atoms with Crippen molar-refractivity contribution in [3.05, 3.63) is 0 Å². The van der Waals surface area contributed by atoms with Gasteiger partial charge in [-0.15, -0.1) is 0 Å². The molecule has 3 N–H and O–H groups in total. The zero-order valence-corrected chi connectivity index (χ0v) is 11.5. The number of hydrogen-bond acceptors (Lipinski definition) is 3. The van der Waals surface area contributed by atoms with Gasteiger partial charge in [-0.05, 0) is 57.5 Å². The van der Waals surface area contributed by atoms with Gasteiger partial charge in [0.05, 0.1) is 0 Å². The lowest BCUT2D eigenvalue weighted by molar-refractivity contribution is -0.143. The van der Waals surface area contributed by atoms with E-state index in [-0.39, 0.29) is 0 Å². The molecule has 1 spiro atoms. The number of nitrogens with zero attached hydrogens (tertiary/aromatic N) is 1. The average Bonchev–Trinajstić information content (AvgIpc) is 2.77. The van der Waals surface area contributed by atoms with E-state index in [1.807, 2.05) is 0 Å². The van der Waals surface area contributed by atoms with Crippen LogP contribution < -0.4 is 5.73 Å². The van der Waals surface area contributed by atoms with E-state index in [1.54, 1.807) is 6.92 Å². The first kappa shape index (κ1) is 13.8. The van der Waals surface area contributed by atoms with Gasteiger partial charge in [-0.3, -0.25) is 4.79 Å². The van der Waals surface area contributed by atoms with Gasteiger partial charge in [-0.1, -0.05) is 12.8 Å². The van der Waals surface area contributed by atoms with E-state index >= 15 is 0 Å². The molecule has 2 aliphatic rings. The Kier molecular flexibility index (Phi) is 3.97. The molecule has 1 aliphatic carbocycles. The van der Waals surface area contributed by atoms with Gasteiger partial charge in [0.25, 0.3) is 0 Å². The number of nitrogens with two attached hydrogens (primary N) is 1. The number of carbonyl (C=O) groups is 1. The maximum Gasteiger partial charge on any atom is 0.323 e. The van der Waals surface area contributed by atoms with Gasteiger partial charge in [0.1, 0.15) is 5.54 Å². The number of rotatable bonds is 4. The molecule has 0 radical (unpaired) electrons. The van der Waals surface area contributed by atoms with Gasteiger partial charge in [0.2, 0.25) is 0 Å². The third kappa shape index (κ3) is 3.04. The maximum absolute atomic E-state index is 11.0. The van der Waals surface area contributed by atoms with Crippen LogP contribution in [0.5, 0.6) is 0 Å². The molecule has 1 saturated heterocycles. The maximum atomic E-state index is 11.0. The van der Waals surface area contributed by atoms with Crippen LogP contribution in [-0.2, 0) is 4.79 Å². The summed E-state index contributed by atoms with van der Waals surface area (Å²) in [6.07, 6.45) is 8.74. The van der Waals surface area contributed by atoms with Crippen molar-refractivity contribution in [1.82, 2.24) is 4.90 Å². The SMILES string of the molecule is CC(N)(CCN1CCC2(CCCC2)CC1)C(=O)O. The Labute approximate surface area is 110 Å². The molecule has 0 amide bonds. The summed E-state index contributed by atoms with van der Waals surface area (Å²) in [7, 11) is 0. The van der Waals surface area contributed by atoms with Crippen LogP contribution in [0.1, 0.15) is 51.9 Å². The first-order valence-electron chi connectivity index (χ1n) is 7.18. The minimum absolute atomic E-state index is 0.537. The largest absolute Gasteiger partial charge is 0.480 e. The number of likely N-dealkylation sites (tertiary alicyclic amines) is 1. The number of hydrogen-bond donors (Lipinski definition) is 2. The molecular formula is C14H26N2O2. The van der Waals surface area contributed by atoms with Crippen molar-refractivity contribution < 1.29 is 9.90 Å². The van der Waals surface area contributed by atoms with E-state index in [9.17, 15) is 4.79 Å². The summed E-state index contributed by atoms with van der Waals surface area (Å²) in [6.45, 7) is 4.67. The van der Waals surface area contributed by atoms with Crippen LogP contribution in [-0.4, -0.2) is 41.1 Å². The Morgan fingerprint density at radius 1 is 1.28 bits per heavy atom. The number of aliphatic carboxylic acids is 1. The highest BCUT2D eigenvalue weighted by molar-refractivity contribution is 5.77. The Bertz CT molecular complexity index is 299. The molecule has 2 fully saturated rings. The van der Waals surface area contributed by atoms with Crippen molar-refractivity contribution in [3.63, 3.8) is 0 Å². The zero-order valence-electron chi connectivity index (χ0n) is 11.5. The molecule has 2 rings (SSSR count). The second-order valence-corrected chi connectivity index (χ2v) is 6.52. The van der Waals surface area contributed by atoms with Crippen molar-refractivity contribution in [2.45, 2.75) is 57.4 Å². The number of carboxylic acids is 1. The van der Waals surface area contributed by atoms with Crippen LogP contribution in [0.25, 0.3) is 0 Å². The predicted molar refractivity (Wildman–Crippen MR) is 71.4 cm³/mol. The van der Waals surface area contributed by atoms with Crippen LogP contribution in [0, 0.1) is 5.41 Å². The number of piperidine rings is 1. The Hall–Kier alpha value is -0.610. The molecule has 1 aliphatic heterocycles. The molecule has 1 saturated carbocycles. The topological polar surface area (TPSA) is 66.6 Å². The molecule has 0 bridgehead atoms. The summed E-state index contributed by atoms with van der Waals surface area (Å²) in [5.74, 6) is -0.897. The highest BCUT2D eigenvalue weighted by atomic mass is 16.4. The summed E-state index contributed by atoms with van der Waals surface area (Å²) in [5.41, 5.74) is 5.32. The third-order valence-electron chi connectivity index (χ3n) is 5.02. The third-order valence-corrected chi connectivity index (χ3v) is 5.02. The van der Waals surface area contributed by atoms with Gasteiger partial charge >= 0.3 is 5.97 Å². The molecule has 0 aromatic carbocycles. The van der Waals surface area contributed by atoms with Gasteiger partial charge in [-0.2, -0.15) is 0 Å². The molecule has 4 nitrogen and oxygen atoms in total. The first-order valence-corrected chi connectivity index (χ1v) is 7.18. The molecule has 1 heterocycles. The molecule has 18 heavy (non-hydrogen) atoms. The summed E-state index contributed by atoms with van der Waals surface area (Å²) < 4.78 is 0. The van der Waals surface area contributed by atoms with E-state index in [4.69, 9.17) is 10.8 Å². The van der Waals surface area contributed by atoms with Crippen molar-refractivity contribution in [1.29, 1.82) is 0 Å². The second kappa shape index (κ2) is 5.17. The lowest BCUT2D eigenvalue weighted by atomic mass is 9.77. The number of carboxylic acid groups (broad SMARTS) is 1. The molecule has 104 valence electrons. The standard InChI is InChI=1S/C14H26N2O2/c1-13(15,12(17)18)6-9-16-10-7-14(8-11-16)4-2-3-5-14/h2-11,15H2,1H3,(H,17,18). The molecule has 0 aromatic rings. The summed E-state index contributed by atoms with van der Waals surface area (Å²) in [4.78, 5) is 13.3. The van der Waals surface area contributed by atoms with Gasteiger partial charge in [0.15, 0.2) is 0 Å². The molecular weight excluding hydrogens is 228 g/mol. The van der Waals surface area contributed by atoms with Crippen LogP contribution >= 0.6 is 0 Å². The van der Waals surface area contributed by atoms with E-state index in [2.05, 4.69) is 4.90 Å². The minimum Gasteiger partial charge on any atom is -0.480 e. The van der Waals surface area contributed by atoms with Gasteiger partial charge < -0.3 is 15.7 Å². The fourth-order valence-corrected chi connectivity index (χ4v) is 3.37. The average molecular weight is 254 g/mol. The van der Waals surface area contributed by atoms with Gasteiger partial charge in [0, 0.05) is 6.54 Å². The van der Waals surface area contributed by atoms with E-state index in [0.717, 1.165) is 19.6 Å². The zero-order chi connectivity index (χ0) is 13.2. The van der Waals surface area contributed by atoms with Gasteiger partial charge in [-0.25, -0.2) is 0 Å². The Balaban J connectivity index is 1.75. The lowest BCUT2D eigenvalue weighted by Gasteiger charge is -2.40. The fourth-order valence-electron chi connectivity index (χ4n) is 3.37. The van der Waals surface area contributed by atoms with Crippen LogP contribution in [0.2, 0.25) is 0 Å². The minimum atomic E-state index is -1.08.